The lowest BCUT2D eigenvalue weighted by Gasteiger charge is -2.47. The summed E-state index contributed by atoms with van der Waals surface area (Å²) in [5.41, 5.74) is 1.34. The fourth-order valence-electron chi connectivity index (χ4n) is 6.55. The molecule has 7 rings (SSSR count). The van der Waals surface area contributed by atoms with Crippen LogP contribution in [0.1, 0.15) is 43.9 Å². The van der Waals surface area contributed by atoms with Crippen molar-refractivity contribution in [3.8, 4) is 5.82 Å². The molecule has 2 atom stereocenters. The van der Waals surface area contributed by atoms with E-state index in [4.69, 9.17) is 4.98 Å². The Kier molecular flexibility index (Phi) is 7.95. The molecule has 44 heavy (non-hydrogen) atoms. The van der Waals surface area contributed by atoms with E-state index in [-0.39, 0.29) is 30.0 Å². The molecule has 2 N–H and O–H groups in total. The normalized spacial score (nSPS) is 20.8. The zero-order valence-corrected chi connectivity index (χ0v) is 25.8. The zero-order valence-electron chi connectivity index (χ0n) is 25.8. The van der Waals surface area contributed by atoms with Gasteiger partial charge in [-0.25, -0.2) is 19.3 Å². The Morgan fingerprint density at radius 2 is 1.84 bits per heavy atom. The highest BCUT2D eigenvalue weighted by Crippen LogP contribution is 2.37. The smallest absolute Gasteiger partial charge is 0.278 e. The molecule has 3 aliphatic rings. The van der Waals surface area contributed by atoms with E-state index in [2.05, 4.69) is 57.9 Å². The fraction of sp³-hybridized carbons (Fsp3) is 0.424. The van der Waals surface area contributed by atoms with Crippen molar-refractivity contribution >= 4 is 28.5 Å². The van der Waals surface area contributed by atoms with Crippen LogP contribution in [0.15, 0.2) is 66.1 Å². The molecule has 0 radical (unpaired) electrons. The number of nitrogens with zero attached hydrogens (tertiary/aromatic N) is 7. The number of rotatable bonds is 10. The number of likely N-dealkylation sites (N-methyl/N-ethyl adjacent to an activating group) is 1. The molecule has 0 saturated carbocycles. The van der Waals surface area contributed by atoms with Crippen LogP contribution in [0.4, 0.5) is 11.6 Å². The van der Waals surface area contributed by atoms with Crippen molar-refractivity contribution in [3.05, 3.63) is 82.9 Å². The first-order valence-electron chi connectivity index (χ1n) is 15.1. The number of pyridine rings is 1. The van der Waals surface area contributed by atoms with E-state index in [1.807, 2.05) is 12.1 Å². The molecule has 1 aromatic carbocycles. The van der Waals surface area contributed by atoms with Crippen LogP contribution < -0.4 is 10.9 Å². The Bertz CT molecular complexity index is 1740. The molecule has 0 aliphatic carbocycles. The Morgan fingerprint density at radius 3 is 2.48 bits per heavy atom. The predicted octanol–water partition coefficient (Wildman–Crippen LogP) is 3.44. The number of hydrogen-bond donors (Lipinski definition) is 2. The van der Waals surface area contributed by atoms with Gasteiger partial charge < -0.3 is 15.3 Å². The SMILES string of the molecule is C=CCn1c(=O)c2cnc(Nc3ccc(C(CN(C)C)C4C(=O)C5CCN4CC5)cc3)nc2n1-c1cccc(C(C)(C)O)n1. The highest BCUT2D eigenvalue weighted by molar-refractivity contribution is 5.89. The van der Waals surface area contributed by atoms with Crippen LogP contribution >= 0.6 is 0 Å². The summed E-state index contributed by atoms with van der Waals surface area (Å²) < 4.78 is 3.14. The molecular weight excluding hydrogens is 556 g/mol. The molecule has 2 unspecified atom stereocenters. The summed E-state index contributed by atoms with van der Waals surface area (Å²) in [7, 11) is 4.10. The summed E-state index contributed by atoms with van der Waals surface area (Å²) in [5.74, 6) is 1.42. The number of benzene rings is 1. The van der Waals surface area contributed by atoms with Gasteiger partial charge >= 0.3 is 0 Å². The van der Waals surface area contributed by atoms with Crippen LogP contribution in [-0.2, 0) is 16.9 Å². The summed E-state index contributed by atoms with van der Waals surface area (Å²) in [6.45, 7) is 10.1. The molecule has 4 aromatic rings. The van der Waals surface area contributed by atoms with E-state index >= 15 is 0 Å². The molecule has 3 fully saturated rings. The molecule has 3 aromatic heterocycles. The number of piperidine rings is 3. The molecule has 11 nitrogen and oxygen atoms in total. The summed E-state index contributed by atoms with van der Waals surface area (Å²) >= 11 is 0. The van der Waals surface area contributed by atoms with Gasteiger partial charge in [-0.3, -0.25) is 14.5 Å². The number of hydrogen-bond acceptors (Lipinski definition) is 9. The van der Waals surface area contributed by atoms with Crippen LogP contribution in [0.25, 0.3) is 16.9 Å². The van der Waals surface area contributed by atoms with E-state index in [0.717, 1.165) is 43.7 Å². The minimum Gasteiger partial charge on any atom is -0.384 e. The number of anilines is 2. The van der Waals surface area contributed by atoms with Gasteiger partial charge in [0.05, 0.1) is 18.3 Å². The standard InChI is InChI=1S/C33H40N8O3/c1-6-16-40-31(43)24-19-34-32(37-30(24)41(40)27-9-7-8-26(36-27)33(2,3)44)35-23-12-10-21(11-13-23)25(20-38(4)5)28-29(42)22-14-17-39(28)18-15-22/h6-13,19,22,25,28,44H,1,14-18,20H2,2-5H3,(H,34,35,37). The van der Waals surface area contributed by atoms with Crippen molar-refractivity contribution < 1.29 is 9.90 Å². The monoisotopic (exact) mass is 596 g/mol. The van der Waals surface area contributed by atoms with Gasteiger partial charge in [-0.05, 0) is 83.7 Å². The third-order valence-corrected chi connectivity index (χ3v) is 8.71. The largest absolute Gasteiger partial charge is 0.384 e. The van der Waals surface area contributed by atoms with Crippen LogP contribution in [0, 0.1) is 5.92 Å². The number of allylic oxidation sites excluding steroid dienone is 1. The predicted molar refractivity (Wildman–Crippen MR) is 170 cm³/mol. The molecule has 2 bridgehead atoms. The first kappa shape index (κ1) is 29.9. The van der Waals surface area contributed by atoms with E-state index in [9.17, 15) is 14.7 Å². The van der Waals surface area contributed by atoms with Crippen molar-refractivity contribution in [2.75, 3.05) is 39.0 Å². The van der Waals surface area contributed by atoms with Gasteiger partial charge in [0.15, 0.2) is 17.2 Å². The van der Waals surface area contributed by atoms with E-state index < -0.39 is 5.60 Å². The maximum Gasteiger partial charge on any atom is 0.278 e. The van der Waals surface area contributed by atoms with Gasteiger partial charge in [-0.2, -0.15) is 4.98 Å². The lowest BCUT2D eigenvalue weighted by atomic mass is 9.75. The van der Waals surface area contributed by atoms with Crippen LogP contribution in [0.5, 0.6) is 0 Å². The summed E-state index contributed by atoms with van der Waals surface area (Å²) in [6, 6.07) is 13.3. The van der Waals surface area contributed by atoms with Crippen molar-refractivity contribution in [1.29, 1.82) is 0 Å². The molecule has 6 heterocycles. The number of carbonyl (C=O) groups excluding carboxylic acids is 1. The Balaban J connectivity index is 1.32. The average Bonchev–Trinajstić information content (AvgIpc) is 3.27. The van der Waals surface area contributed by atoms with Crippen molar-refractivity contribution in [3.63, 3.8) is 0 Å². The number of nitrogens with one attached hydrogen (secondary N) is 1. The maximum atomic E-state index is 13.3. The van der Waals surface area contributed by atoms with Crippen LogP contribution in [0.3, 0.4) is 0 Å². The van der Waals surface area contributed by atoms with Gasteiger partial charge in [-0.1, -0.05) is 24.3 Å². The summed E-state index contributed by atoms with van der Waals surface area (Å²) in [4.78, 5) is 45.0. The molecule has 0 amide bonds. The third-order valence-electron chi connectivity index (χ3n) is 8.71. The number of carbonyl (C=O) groups is 1. The molecule has 11 heteroatoms. The lowest BCUT2D eigenvalue weighted by molar-refractivity contribution is -0.138. The third kappa shape index (κ3) is 5.58. The molecule has 0 spiro atoms. The van der Waals surface area contributed by atoms with Gasteiger partial charge in [0.25, 0.3) is 5.56 Å². The second kappa shape index (κ2) is 11.7. The molecular formula is C33H40N8O3. The average molecular weight is 597 g/mol. The molecule has 3 aliphatic heterocycles. The highest BCUT2D eigenvalue weighted by atomic mass is 16.3. The number of aromatic nitrogens is 5. The number of ketones is 1. The quantitative estimate of drug-likeness (QED) is 0.265. The Hall–Kier alpha value is -4.19. The van der Waals surface area contributed by atoms with Crippen molar-refractivity contribution in [2.24, 2.45) is 5.92 Å². The van der Waals surface area contributed by atoms with E-state index in [0.29, 0.717) is 34.3 Å². The summed E-state index contributed by atoms with van der Waals surface area (Å²) in [5, 5.41) is 14.2. The van der Waals surface area contributed by atoms with Gasteiger partial charge in [0.1, 0.15) is 11.0 Å². The molecule has 230 valence electrons. The van der Waals surface area contributed by atoms with Gasteiger partial charge in [0.2, 0.25) is 5.95 Å². The fourth-order valence-corrected chi connectivity index (χ4v) is 6.55. The topological polar surface area (TPSA) is 121 Å². The number of fused-ring (bicyclic) bond motifs is 4. The van der Waals surface area contributed by atoms with Crippen molar-refractivity contribution in [1.82, 2.24) is 34.1 Å². The Morgan fingerprint density at radius 1 is 1.11 bits per heavy atom. The second-order valence-electron chi connectivity index (χ2n) is 12.6. The second-order valence-corrected chi connectivity index (χ2v) is 12.6. The minimum absolute atomic E-state index is 0.0773. The van der Waals surface area contributed by atoms with Crippen LogP contribution in [-0.4, -0.2) is 84.8 Å². The van der Waals surface area contributed by atoms with E-state index in [1.165, 1.54) is 10.9 Å². The zero-order chi connectivity index (χ0) is 31.2. The number of Topliss-reactive ketones (excluding diaryl/α,β-unsaturated/α-hetero) is 1. The maximum absolute atomic E-state index is 13.3. The Labute approximate surface area is 256 Å². The summed E-state index contributed by atoms with van der Waals surface area (Å²) in [6.07, 6.45) is 5.10. The minimum atomic E-state index is -1.16. The van der Waals surface area contributed by atoms with Crippen LogP contribution in [0.2, 0.25) is 0 Å². The lowest BCUT2D eigenvalue weighted by Crippen LogP contribution is -2.58. The van der Waals surface area contributed by atoms with Crippen molar-refractivity contribution in [2.45, 2.75) is 50.8 Å². The molecule has 3 saturated heterocycles. The number of aliphatic hydroxyl groups is 1. The van der Waals surface area contributed by atoms with Gasteiger partial charge in [0, 0.05) is 30.3 Å². The first-order chi connectivity index (χ1) is 21.0. The van der Waals surface area contributed by atoms with Gasteiger partial charge in [-0.15, -0.1) is 6.58 Å². The van der Waals surface area contributed by atoms with E-state index in [1.54, 1.807) is 42.8 Å². The highest BCUT2D eigenvalue weighted by Gasteiger charge is 2.45. The first-order valence-corrected chi connectivity index (χ1v) is 15.1.